The van der Waals surface area contributed by atoms with Gasteiger partial charge in [-0.25, -0.2) is 13.1 Å². The molecule has 0 saturated carbocycles. The minimum Gasteiger partial charge on any atom is -0.403 e. The summed E-state index contributed by atoms with van der Waals surface area (Å²) in [5.41, 5.74) is 0.723. The van der Waals surface area contributed by atoms with Crippen molar-refractivity contribution in [3.63, 3.8) is 0 Å². The Hall–Kier alpha value is -1.60. The Morgan fingerprint density at radius 2 is 1.95 bits per heavy atom. The van der Waals surface area contributed by atoms with E-state index in [0.717, 1.165) is 5.56 Å². The van der Waals surface area contributed by atoms with E-state index >= 15 is 0 Å². The van der Waals surface area contributed by atoms with Gasteiger partial charge in [0.25, 0.3) is 0 Å². The van der Waals surface area contributed by atoms with Gasteiger partial charge in [0.05, 0.1) is 5.75 Å². The molecule has 1 aromatic carbocycles. The van der Waals surface area contributed by atoms with Crippen molar-refractivity contribution in [3.05, 3.63) is 30.3 Å². The van der Waals surface area contributed by atoms with Gasteiger partial charge in [0, 0.05) is 11.4 Å². The lowest BCUT2D eigenvalue weighted by atomic mass is 10.2. The lowest BCUT2D eigenvalue weighted by Gasteiger charge is -2.01. The number of anilines is 1. The number of halogens is 1. The van der Waals surface area contributed by atoms with Crippen molar-refractivity contribution in [2.24, 2.45) is 0 Å². The summed E-state index contributed by atoms with van der Waals surface area (Å²) in [5, 5.41) is 7.43. The van der Waals surface area contributed by atoms with E-state index in [4.69, 9.17) is 16.0 Å². The molecule has 2 rings (SSSR count). The third-order valence-electron chi connectivity index (χ3n) is 2.24. The van der Waals surface area contributed by atoms with Crippen LogP contribution in [0.4, 0.5) is 6.01 Å². The van der Waals surface area contributed by atoms with Crippen molar-refractivity contribution >= 4 is 27.6 Å². The second kappa shape index (κ2) is 6.03. The maximum Gasteiger partial charge on any atom is 0.329 e. The summed E-state index contributed by atoms with van der Waals surface area (Å²) in [7, 11) is -3.50. The first-order chi connectivity index (χ1) is 9.11. The van der Waals surface area contributed by atoms with E-state index in [0.29, 0.717) is 6.42 Å². The van der Waals surface area contributed by atoms with Gasteiger partial charge in [-0.2, -0.15) is 0 Å². The summed E-state index contributed by atoms with van der Waals surface area (Å²) < 4.78 is 30.7. The number of sulfonamides is 1. The Morgan fingerprint density at radius 1 is 1.21 bits per heavy atom. The van der Waals surface area contributed by atoms with E-state index in [2.05, 4.69) is 14.9 Å². The van der Waals surface area contributed by atoms with E-state index in [9.17, 15) is 8.42 Å². The molecule has 0 atom stereocenters. The molecule has 0 fully saturated rings. The van der Waals surface area contributed by atoms with Crippen molar-refractivity contribution < 1.29 is 12.8 Å². The van der Waals surface area contributed by atoms with Crippen LogP contribution < -0.4 is 4.72 Å². The van der Waals surface area contributed by atoms with Crippen LogP contribution in [0.2, 0.25) is 0 Å². The molecular weight excluding hydrogens is 290 g/mol. The third kappa shape index (κ3) is 3.93. The number of hydrogen-bond donors (Lipinski definition) is 1. The highest BCUT2D eigenvalue weighted by Crippen LogP contribution is 2.19. The molecule has 102 valence electrons. The molecule has 1 N–H and O–H groups in total. The van der Waals surface area contributed by atoms with Crippen LogP contribution in [0.3, 0.4) is 0 Å². The van der Waals surface area contributed by atoms with Crippen molar-refractivity contribution in [2.75, 3.05) is 16.4 Å². The lowest BCUT2D eigenvalue weighted by molar-refractivity contribution is 0.577. The minimum absolute atomic E-state index is 0.0838. The van der Waals surface area contributed by atoms with Crippen molar-refractivity contribution in [1.29, 1.82) is 0 Å². The quantitative estimate of drug-likeness (QED) is 0.826. The van der Waals surface area contributed by atoms with Crippen molar-refractivity contribution in [3.8, 4) is 11.5 Å². The molecule has 0 amide bonds. The fourth-order valence-electron chi connectivity index (χ4n) is 1.39. The largest absolute Gasteiger partial charge is 0.403 e. The van der Waals surface area contributed by atoms with E-state index in [1.54, 1.807) is 12.1 Å². The van der Waals surface area contributed by atoms with Crippen LogP contribution in [-0.2, 0) is 10.0 Å². The molecule has 19 heavy (non-hydrogen) atoms. The van der Waals surface area contributed by atoms with Crippen molar-refractivity contribution in [2.45, 2.75) is 6.42 Å². The fraction of sp³-hybridized carbons (Fsp3) is 0.273. The van der Waals surface area contributed by atoms with E-state index in [1.165, 1.54) is 0 Å². The Morgan fingerprint density at radius 3 is 2.63 bits per heavy atom. The number of benzene rings is 1. The van der Waals surface area contributed by atoms with Gasteiger partial charge in [-0.15, -0.1) is 16.7 Å². The normalized spacial score (nSPS) is 11.4. The molecule has 0 aliphatic heterocycles. The van der Waals surface area contributed by atoms with Gasteiger partial charge >= 0.3 is 6.01 Å². The highest BCUT2D eigenvalue weighted by Gasteiger charge is 2.15. The van der Waals surface area contributed by atoms with Gasteiger partial charge in [0.1, 0.15) is 0 Å². The number of hydrogen-bond acceptors (Lipinski definition) is 5. The minimum atomic E-state index is -3.50. The van der Waals surface area contributed by atoms with E-state index in [-0.39, 0.29) is 23.5 Å². The second-order valence-corrected chi connectivity index (χ2v) is 5.96. The summed E-state index contributed by atoms with van der Waals surface area (Å²) in [6.45, 7) is 0. The monoisotopic (exact) mass is 301 g/mol. The first-order valence-corrected chi connectivity index (χ1v) is 7.75. The molecule has 0 bridgehead atoms. The molecule has 0 spiro atoms. The summed E-state index contributed by atoms with van der Waals surface area (Å²) >= 11 is 5.45. The molecule has 8 heteroatoms. The fourth-order valence-corrected chi connectivity index (χ4v) is 2.66. The first-order valence-electron chi connectivity index (χ1n) is 5.56. The number of nitrogens with zero attached hydrogens (tertiary/aromatic N) is 2. The molecule has 0 aliphatic rings. The number of alkyl halides is 1. The average Bonchev–Trinajstić information content (AvgIpc) is 2.85. The smallest absolute Gasteiger partial charge is 0.329 e. The van der Waals surface area contributed by atoms with Gasteiger partial charge in [0.2, 0.25) is 15.9 Å². The van der Waals surface area contributed by atoms with E-state index < -0.39 is 10.0 Å². The summed E-state index contributed by atoms with van der Waals surface area (Å²) in [5.74, 6) is 0.454. The SMILES string of the molecule is O=S(=O)(CCCCl)Nc1nnc(-c2ccccc2)o1. The van der Waals surface area contributed by atoms with Gasteiger partial charge in [0.15, 0.2) is 0 Å². The average molecular weight is 302 g/mol. The number of nitrogens with one attached hydrogen (secondary N) is 1. The predicted octanol–water partition coefficient (Wildman–Crippen LogP) is 2.11. The number of rotatable bonds is 6. The van der Waals surface area contributed by atoms with Crippen LogP contribution in [0, 0.1) is 0 Å². The molecular formula is C11H12ClN3O3S. The van der Waals surface area contributed by atoms with Crippen LogP contribution in [0.15, 0.2) is 34.7 Å². The molecule has 2 aromatic rings. The molecule has 1 heterocycles. The number of aromatic nitrogens is 2. The van der Waals surface area contributed by atoms with Gasteiger partial charge in [-0.3, -0.25) is 0 Å². The van der Waals surface area contributed by atoms with Crippen LogP contribution in [0.1, 0.15) is 6.42 Å². The topological polar surface area (TPSA) is 85.1 Å². The zero-order valence-corrected chi connectivity index (χ0v) is 11.5. The highest BCUT2D eigenvalue weighted by atomic mass is 35.5. The third-order valence-corrected chi connectivity index (χ3v) is 3.81. The summed E-state index contributed by atoms with van der Waals surface area (Å²) in [6.07, 6.45) is 0.358. The maximum atomic E-state index is 11.6. The van der Waals surface area contributed by atoms with Crippen LogP contribution in [-0.4, -0.2) is 30.2 Å². The van der Waals surface area contributed by atoms with Crippen LogP contribution in [0.5, 0.6) is 0 Å². The van der Waals surface area contributed by atoms with Gasteiger partial charge in [-0.05, 0) is 18.6 Å². The van der Waals surface area contributed by atoms with Crippen molar-refractivity contribution in [1.82, 2.24) is 10.2 Å². The van der Waals surface area contributed by atoms with Crippen LogP contribution in [0.25, 0.3) is 11.5 Å². The maximum absolute atomic E-state index is 11.6. The zero-order valence-electron chi connectivity index (χ0n) is 9.91. The standard InChI is InChI=1S/C11H12ClN3O3S/c12-7-4-8-19(16,17)15-11-14-13-10(18-11)9-5-2-1-3-6-9/h1-3,5-6H,4,7-8H2,(H,14,15). The Labute approximate surface area is 115 Å². The lowest BCUT2D eigenvalue weighted by Crippen LogP contribution is -2.17. The second-order valence-electron chi connectivity index (χ2n) is 3.74. The Bertz CT molecular complexity index is 628. The highest BCUT2D eigenvalue weighted by molar-refractivity contribution is 7.92. The first kappa shape index (κ1) is 13.8. The predicted molar refractivity (Wildman–Crippen MR) is 72.5 cm³/mol. The van der Waals surface area contributed by atoms with E-state index in [1.807, 2.05) is 18.2 Å². The molecule has 6 nitrogen and oxygen atoms in total. The summed E-state index contributed by atoms with van der Waals surface area (Å²) in [4.78, 5) is 0. The molecule has 0 radical (unpaired) electrons. The van der Waals surface area contributed by atoms with Gasteiger partial charge < -0.3 is 4.42 Å². The van der Waals surface area contributed by atoms with Gasteiger partial charge in [-0.1, -0.05) is 23.3 Å². The molecule has 1 aromatic heterocycles. The Kier molecular flexibility index (Phi) is 4.39. The molecule has 0 aliphatic carbocycles. The van der Waals surface area contributed by atoms with Crippen LogP contribution >= 0.6 is 11.6 Å². The Balaban J connectivity index is 2.10. The summed E-state index contributed by atoms with van der Waals surface area (Å²) in [6, 6.07) is 8.94. The molecule has 0 unspecified atom stereocenters. The molecule has 0 saturated heterocycles. The zero-order chi connectivity index (χ0) is 13.7.